The maximum atomic E-state index is 12.9. The Hall–Kier alpha value is -1.62. The molecule has 0 atom stereocenters. The van der Waals surface area contributed by atoms with Crippen LogP contribution in [0.1, 0.15) is 38.5 Å². The van der Waals surface area contributed by atoms with Gasteiger partial charge in [0.05, 0.1) is 5.41 Å². The zero-order valence-electron chi connectivity index (χ0n) is 13.0. The lowest BCUT2D eigenvalue weighted by molar-refractivity contribution is -0.144. The standard InChI is InChI=1S/C18H22N2O2S/c21-15-3-1-14(2-4-15)19-17(23)20-16(22)18-8-11-5-12(9-18)7-13(6-11)10-18/h1-4,11-13,21H,5-10H2,(H2,19,20,22,23). The topological polar surface area (TPSA) is 61.4 Å². The summed E-state index contributed by atoms with van der Waals surface area (Å²) in [6.45, 7) is 0. The van der Waals surface area contributed by atoms with Gasteiger partial charge in [-0.2, -0.15) is 0 Å². The molecule has 0 unspecified atom stereocenters. The van der Waals surface area contributed by atoms with Gasteiger partial charge < -0.3 is 15.7 Å². The van der Waals surface area contributed by atoms with Crippen molar-refractivity contribution in [3.8, 4) is 5.75 Å². The Balaban J connectivity index is 1.41. The Labute approximate surface area is 141 Å². The molecule has 4 fully saturated rings. The molecule has 0 saturated heterocycles. The molecule has 4 nitrogen and oxygen atoms in total. The Morgan fingerprint density at radius 1 is 1.04 bits per heavy atom. The Morgan fingerprint density at radius 3 is 2.09 bits per heavy atom. The Morgan fingerprint density at radius 2 is 1.57 bits per heavy atom. The molecule has 1 aromatic rings. The third kappa shape index (κ3) is 2.82. The summed E-state index contributed by atoms with van der Waals surface area (Å²) >= 11 is 5.29. The third-order valence-electron chi connectivity index (χ3n) is 5.87. The van der Waals surface area contributed by atoms with Crippen molar-refractivity contribution in [2.75, 3.05) is 5.32 Å². The van der Waals surface area contributed by atoms with Gasteiger partial charge in [-0.15, -0.1) is 0 Å². The minimum absolute atomic E-state index is 0.105. The predicted octanol–water partition coefficient (Wildman–Crippen LogP) is 3.42. The van der Waals surface area contributed by atoms with Crippen LogP contribution in [0.5, 0.6) is 5.75 Å². The summed E-state index contributed by atoms with van der Waals surface area (Å²) in [5.41, 5.74) is 0.578. The molecule has 4 bridgehead atoms. The van der Waals surface area contributed by atoms with E-state index in [-0.39, 0.29) is 17.1 Å². The van der Waals surface area contributed by atoms with Crippen LogP contribution in [0.3, 0.4) is 0 Å². The number of phenols is 1. The summed E-state index contributed by atoms with van der Waals surface area (Å²) in [6.07, 6.45) is 7.07. The summed E-state index contributed by atoms with van der Waals surface area (Å²) < 4.78 is 0. The van der Waals surface area contributed by atoms with Gasteiger partial charge in [-0.3, -0.25) is 4.79 Å². The van der Waals surface area contributed by atoms with Crippen molar-refractivity contribution in [1.29, 1.82) is 0 Å². The average Bonchev–Trinajstić information content (AvgIpc) is 2.48. The highest BCUT2D eigenvalue weighted by Crippen LogP contribution is 2.60. The Kier molecular flexibility index (Phi) is 3.56. The van der Waals surface area contributed by atoms with E-state index >= 15 is 0 Å². The van der Waals surface area contributed by atoms with Gasteiger partial charge in [-0.25, -0.2) is 0 Å². The minimum Gasteiger partial charge on any atom is -0.508 e. The molecular formula is C18H22N2O2S. The molecule has 0 aliphatic heterocycles. The van der Waals surface area contributed by atoms with E-state index in [9.17, 15) is 9.90 Å². The van der Waals surface area contributed by atoms with Crippen LogP contribution >= 0.6 is 12.2 Å². The van der Waals surface area contributed by atoms with Crippen LogP contribution in [0, 0.1) is 23.2 Å². The molecular weight excluding hydrogens is 308 g/mol. The van der Waals surface area contributed by atoms with Gasteiger partial charge >= 0.3 is 0 Å². The molecule has 4 saturated carbocycles. The highest BCUT2D eigenvalue weighted by atomic mass is 32.1. The number of amides is 1. The van der Waals surface area contributed by atoms with Crippen LogP contribution in [0.4, 0.5) is 5.69 Å². The number of carbonyl (C=O) groups is 1. The van der Waals surface area contributed by atoms with Crippen molar-refractivity contribution in [3.63, 3.8) is 0 Å². The van der Waals surface area contributed by atoms with E-state index in [1.165, 1.54) is 19.3 Å². The largest absolute Gasteiger partial charge is 0.508 e. The minimum atomic E-state index is -0.185. The molecule has 0 aromatic heterocycles. The number of rotatable bonds is 2. The van der Waals surface area contributed by atoms with Gasteiger partial charge in [0, 0.05) is 5.69 Å². The number of aromatic hydroxyl groups is 1. The van der Waals surface area contributed by atoms with Crippen molar-refractivity contribution in [3.05, 3.63) is 24.3 Å². The number of hydrogen-bond acceptors (Lipinski definition) is 3. The lowest BCUT2D eigenvalue weighted by Crippen LogP contribution is -2.55. The maximum absolute atomic E-state index is 12.9. The second-order valence-electron chi connectivity index (χ2n) is 7.65. The number of phenolic OH excluding ortho intramolecular Hbond substituents is 1. The molecule has 0 spiro atoms. The first-order valence-corrected chi connectivity index (χ1v) is 8.85. The van der Waals surface area contributed by atoms with Crippen molar-refractivity contribution >= 4 is 28.9 Å². The zero-order valence-corrected chi connectivity index (χ0v) is 13.9. The molecule has 4 aliphatic rings. The van der Waals surface area contributed by atoms with Crippen LogP contribution in [0.15, 0.2) is 24.3 Å². The smallest absolute Gasteiger partial charge is 0.232 e. The van der Waals surface area contributed by atoms with Crippen molar-refractivity contribution in [2.45, 2.75) is 38.5 Å². The van der Waals surface area contributed by atoms with Gasteiger partial charge in [-0.1, -0.05) is 0 Å². The first-order chi connectivity index (χ1) is 11.0. The van der Waals surface area contributed by atoms with Gasteiger partial charge in [0.2, 0.25) is 5.91 Å². The number of thiocarbonyl (C=S) groups is 1. The number of carbonyl (C=O) groups excluding carboxylic acids is 1. The Bertz CT molecular complexity index is 606. The summed E-state index contributed by atoms with van der Waals surface area (Å²) in [6, 6.07) is 6.65. The van der Waals surface area contributed by atoms with E-state index < -0.39 is 0 Å². The summed E-state index contributed by atoms with van der Waals surface area (Å²) in [4.78, 5) is 12.9. The molecule has 1 amide bonds. The first-order valence-electron chi connectivity index (χ1n) is 8.44. The van der Waals surface area contributed by atoms with Gasteiger partial charge in [0.15, 0.2) is 5.11 Å². The monoisotopic (exact) mass is 330 g/mol. The van der Waals surface area contributed by atoms with Crippen molar-refractivity contribution in [1.82, 2.24) is 5.32 Å². The molecule has 0 radical (unpaired) electrons. The van der Waals surface area contributed by atoms with Crippen molar-refractivity contribution < 1.29 is 9.90 Å². The first kappa shape index (κ1) is 14.9. The summed E-state index contributed by atoms with van der Waals surface area (Å²) in [5, 5.41) is 15.6. The number of nitrogens with one attached hydrogen (secondary N) is 2. The lowest BCUT2D eigenvalue weighted by atomic mass is 9.49. The van der Waals surface area contributed by atoms with Gasteiger partial charge in [0.1, 0.15) is 5.75 Å². The van der Waals surface area contributed by atoms with E-state index in [2.05, 4.69) is 10.6 Å². The van der Waals surface area contributed by atoms with Crippen LogP contribution in [0.25, 0.3) is 0 Å². The molecule has 5 rings (SSSR count). The molecule has 0 heterocycles. The fourth-order valence-corrected chi connectivity index (χ4v) is 5.54. The van der Waals surface area contributed by atoms with Gasteiger partial charge in [-0.05, 0) is 92.8 Å². The summed E-state index contributed by atoms with van der Waals surface area (Å²) in [5.74, 6) is 2.54. The zero-order chi connectivity index (χ0) is 16.0. The van der Waals surface area contributed by atoms with E-state index in [0.717, 1.165) is 42.7 Å². The van der Waals surface area contributed by atoms with E-state index in [1.54, 1.807) is 24.3 Å². The van der Waals surface area contributed by atoms with E-state index in [4.69, 9.17) is 12.2 Å². The second kappa shape index (κ2) is 5.48. The highest BCUT2D eigenvalue weighted by Gasteiger charge is 2.54. The molecule has 122 valence electrons. The highest BCUT2D eigenvalue weighted by molar-refractivity contribution is 7.80. The fourth-order valence-electron chi connectivity index (χ4n) is 5.33. The quantitative estimate of drug-likeness (QED) is 0.574. The molecule has 1 aromatic carbocycles. The van der Waals surface area contributed by atoms with Crippen LogP contribution < -0.4 is 10.6 Å². The van der Waals surface area contributed by atoms with Gasteiger partial charge in [0.25, 0.3) is 0 Å². The average molecular weight is 330 g/mol. The molecule has 23 heavy (non-hydrogen) atoms. The van der Waals surface area contributed by atoms with E-state index in [0.29, 0.717) is 5.11 Å². The normalized spacial score (nSPS) is 34.2. The second-order valence-corrected chi connectivity index (χ2v) is 8.06. The molecule has 3 N–H and O–H groups in total. The fraction of sp³-hybridized carbons (Fsp3) is 0.556. The van der Waals surface area contributed by atoms with Crippen molar-refractivity contribution in [2.24, 2.45) is 23.2 Å². The van der Waals surface area contributed by atoms with E-state index in [1.807, 2.05) is 0 Å². The molecule has 5 heteroatoms. The number of hydrogen-bond donors (Lipinski definition) is 3. The molecule has 4 aliphatic carbocycles. The summed E-state index contributed by atoms with van der Waals surface area (Å²) in [7, 11) is 0. The third-order valence-corrected chi connectivity index (χ3v) is 6.08. The lowest BCUT2D eigenvalue weighted by Gasteiger charge is -2.55. The SMILES string of the molecule is O=C(NC(=S)Nc1ccc(O)cc1)C12CC3CC(CC(C3)C1)C2. The predicted molar refractivity (Wildman–Crippen MR) is 93.1 cm³/mol. The van der Waals surface area contributed by atoms with Crippen LogP contribution in [-0.4, -0.2) is 16.1 Å². The number of benzene rings is 1. The number of anilines is 1. The van der Waals surface area contributed by atoms with Crippen LogP contribution in [0.2, 0.25) is 0 Å². The maximum Gasteiger partial charge on any atom is 0.232 e. The van der Waals surface area contributed by atoms with Crippen LogP contribution in [-0.2, 0) is 4.79 Å².